The average molecular weight is 113 g/mol. The number of Topliss-reactive ketones (excluding diaryl/α,β-unsaturated/α-hetero) is 1. The number of carbonyl (C=O) groups excluding carboxylic acids is 1. The monoisotopic (exact) mass is 113 g/mol. The lowest BCUT2D eigenvalue weighted by molar-refractivity contribution is -0.118. The van der Waals surface area contributed by atoms with Crippen LogP contribution in [0.1, 0.15) is 19.8 Å². The molecule has 1 fully saturated rings. The molecule has 0 amide bonds. The molecule has 1 saturated carbocycles. The van der Waals surface area contributed by atoms with E-state index in [2.05, 4.69) is 0 Å². The van der Waals surface area contributed by atoms with E-state index in [1.165, 1.54) is 0 Å². The van der Waals surface area contributed by atoms with Gasteiger partial charge in [-0.3, -0.25) is 4.79 Å². The van der Waals surface area contributed by atoms with Gasteiger partial charge in [-0.1, -0.05) is 6.92 Å². The summed E-state index contributed by atoms with van der Waals surface area (Å²) < 4.78 is 0. The van der Waals surface area contributed by atoms with Crippen LogP contribution in [-0.4, -0.2) is 11.8 Å². The minimum Gasteiger partial charge on any atom is -0.321 e. The second-order valence-electron chi connectivity index (χ2n) is 2.51. The van der Waals surface area contributed by atoms with Crippen molar-refractivity contribution < 1.29 is 4.79 Å². The third-order valence-electron chi connectivity index (χ3n) is 1.83. The van der Waals surface area contributed by atoms with Crippen molar-refractivity contribution in [1.82, 2.24) is 0 Å². The minimum absolute atomic E-state index is 0.157. The fourth-order valence-electron chi connectivity index (χ4n) is 1.03. The Kier molecular flexibility index (Phi) is 1.34. The quantitative estimate of drug-likeness (QED) is 0.491. The van der Waals surface area contributed by atoms with Gasteiger partial charge in [0.25, 0.3) is 0 Å². The molecule has 0 radical (unpaired) electrons. The van der Waals surface area contributed by atoms with Crippen molar-refractivity contribution in [2.24, 2.45) is 11.7 Å². The van der Waals surface area contributed by atoms with Crippen LogP contribution in [0.25, 0.3) is 0 Å². The molecule has 2 N–H and O–H groups in total. The number of hydrogen-bond acceptors (Lipinski definition) is 2. The topological polar surface area (TPSA) is 43.1 Å². The van der Waals surface area contributed by atoms with Crippen LogP contribution in [0.5, 0.6) is 0 Å². The highest BCUT2D eigenvalue weighted by atomic mass is 16.1. The maximum absolute atomic E-state index is 10.7. The van der Waals surface area contributed by atoms with E-state index >= 15 is 0 Å². The van der Waals surface area contributed by atoms with E-state index < -0.39 is 0 Å². The van der Waals surface area contributed by atoms with Gasteiger partial charge in [0.2, 0.25) is 0 Å². The molecule has 8 heavy (non-hydrogen) atoms. The summed E-state index contributed by atoms with van der Waals surface area (Å²) in [5.41, 5.74) is 5.47. The number of hydrogen-bond donors (Lipinski definition) is 1. The van der Waals surface area contributed by atoms with Gasteiger partial charge in [-0.05, 0) is 12.3 Å². The lowest BCUT2D eigenvalue weighted by Gasteiger charge is -2.04. The Morgan fingerprint density at radius 2 is 2.38 bits per heavy atom. The van der Waals surface area contributed by atoms with Crippen molar-refractivity contribution in [1.29, 1.82) is 0 Å². The highest BCUT2D eigenvalue weighted by Crippen LogP contribution is 2.19. The first-order valence-corrected chi connectivity index (χ1v) is 3.00. The van der Waals surface area contributed by atoms with Crippen LogP contribution in [0.2, 0.25) is 0 Å². The summed E-state index contributed by atoms with van der Waals surface area (Å²) in [5, 5.41) is 0. The van der Waals surface area contributed by atoms with Crippen LogP contribution in [0, 0.1) is 5.92 Å². The highest BCUT2D eigenvalue weighted by Gasteiger charge is 2.27. The third-order valence-corrected chi connectivity index (χ3v) is 1.83. The zero-order chi connectivity index (χ0) is 6.15. The molecule has 1 rings (SSSR count). The fraction of sp³-hybridized carbons (Fsp3) is 0.833. The number of ketones is 1. The van der Waals surface area contributed by atoms with Gasteiger partial charge in [0.15, 0.2) is 0 Å². The Morgan fingerprint density at radius 1 is 1.75 bits per heavy atom. The molecule has 46 valence electrons. The largest absolute Gasteiger partial charge is 0.321 e. The summed E-state index contributed by atoms with van der Waals surface area (Å²) in [6, 6.07) is -0.157. The van der Waals surface area contributed by atoms with Gasteiger partial charge >= 0.3 is 0 Å². The van der Waals surface area contributed by atoms with Gasteiger partial charge in [0.05, 0.1) is 6.04 Å². The average Bonchev–Trinajstić information content (AvgIpc) is 1.98. The Hall–Kier alpha value is -0.370. The molecule has 0 aromatic carbocycles. The SMILES string of the molecule is C[C@H]1CCC(=O)[C@@H]1N. The van der Waals surface area contributed by atoms with Crippen molar-refractivity contribution in [3.05, 3.63) is 0 Å². The maximum Gasteiger partial charge on any atom is 0.149 e. The molecule has 0 aromatic heterocycles. The number of nitrogens with two attached hydrogens (primary N) is 1. The van der Waals surface area contributed by atoms with Crippen molar-refractivity contribution in [2.45, 2.75) is 25.8 Å². The molecule has 0 saturated heterocycles. The van der Waals surface area contributed by atoms with E-state index in [0.717, 1.165) is 6.42 Å². The zero-order valence-electron chi connectivity index (χ0n) is 5.05. The minimum atomic E-state index is -0.157. The molecule has 0 spiro atoms. The maximum atomic E-state index is 10.7. The van der Waals surface area contributed by atoms with Crippen molar-refractivity contribution >= 4 is 5.78 Å². The van der Waals surface area contributed by atoms with Crippen LogP contribution < -0.4 is 5.73 Å². The standard InChI is InChI=1S/C6H11NO/c1-4-2-3-5(8)6(4)7/h4,6H,2-3,7H2,1H3/t4-,6+/m0/s1. The summed E-state index contributed by atoms with van der Waals surface area (Å²) in [6.07, 6.45) is 1.68. The van der Waals surface area contributed by atoms with Gasteiger partial charge in [-0.2, -0.15) is 0 Å². The highest BCUT2D eigenvalue weighted by molar-refractivity contribution is 5.86. The summed E-state index contributed by atoms with van der Waals surface area (Å²) in [6.45, 7) is 2.02. The Labute approximate surface area is 49.1 Å². The second-order valence-corrected chi connectivity index (χ2v) is 2.51. The van der Waals surface area contributed by atoms with E-state index in [9.17, 15) is 4.79 Å². The van der Waals surface area contributed by atoms with Crippen LogP contribution in [-0.2, 0) is 4.79 Å². The van der Waals surface area contributed by atoms with E-state index in [4.69, 9.17) is 5.73 Å². The second kappa shape index (κ2) is 1.86. The molecule has 2 nitrogen and oxygen atoms in total. The molecular formula is C6H11NO. The normalized spacial score (nSPS) is 38.5. The van der Waals surface area contributed by atoms with E-state index in [-0.39, 0.29) is 11.8 Å². The first kappa shape index (κ1) is 5.76. The molecule has 0 unspecified atom stereocenters. The van der Waals surface area contributed by atoms with Gasteiger partial charge in [-0.25, -0.2) is 0 Å². The molecule has 0 bridgehead atoms. The lowest BCUT2D eigenvalue weighted by atomic mass is 10.1. The number of rotatable bonds is 0. The first-order chi connectivity index (χ1) is 3.72. The molecule has 1 aliphatic rings. The van der Waals surface area contributed by atoms with Crippen LogP contribution in [0.3, 0.4) is 0 Å². The first-order valence-electron chi connectivity index (χ1n) is 3.00. The fourth-order valence-corrected chi connectivity index (χ4v) is 1.03. The Morgan fingerprint density at radius 3 is 2.50 bits per heavy atom. The van der Waals surface area contributed by atoms with Crippen LogP contribution >= 0.6 is 0 Å². The van der Waals surface area contributed by atoms with E-state index in [1.54, 1.807) is 0 Å². The molecule has 2 heteroatoms. The molecular weight excluding hydrogens is 102 g/mol. The van der Waals surface area contributed by atoms with Crippen molar-refractivity contribution in [3.63, 3.8) is 0 Å². The summed E-state index contributed by atoms with van der Waals surface area (Å²) in [4.78, 5) is 10.7. The smallest absolute Gasteiger partial charge is 0.149 e. The Balaban J connectivity index is 2.56. The molecule has 0 aromatic rings. The molecule has 1 aliphatic carbocycles. The van der Waals surface area contributed by atoms with Crippen molar-refractivity contribution in [2.75, 3.05) is 0 Å². The van der Waals surface area contributed by atoms with Gasteiger partial charge < -0.3 is 5.73 Å². The summed E-state index contributed by atoms with van der Waals surface area (Å²) in [7, 11) is 0. The summed E-state index contributed by atoms with van der Waals surface area (Å²) >= 11 is 0. The zero-order valence-corrected chi connectivity index (χ0v) is 5.05. The number of carbonyl (C=O) groups is 1. The predicted molar refractivity (Wildman–Crippen MR) is 31.4 cm³/mol. The Bertz CT molecular complexity index is 111. The summed E-state index contributed by atoms with van der Waals surface area (Å²) in [5.74, 6) is 0.653. The van der Waals surface area contributed by atoms with Gasteiger partial charge in [-0.15, -0.1) is 0 Å². The third kappa shape index (κ3) is 0.757. The molecule has 0 heterocycles. The van der Waals surface area contributed by atoms with Gasteiger partial charge in [0, 0.05) is 6.42 Å². The molecule has 0 aliphatic heterocycles. The van der Waals surface area contributed by atoms with Crippen LogP contribution in [0.15, 0.2) is 0 Å². The van der Waals surface area contributed by atoms with Crippen molar-refractivity contribution in [3.8, 4) is 0 Å². The van der Waals surface area contributed by atoms with Crippen LogP contribution in [0.4, 0.5) is 0 Å². The van der Waals surface area contributed by atoms with E-state index in [0.29, 0.717) is 12.3 Å². The van der Waals surface area contributed by atoms with Gasteiger partial charge in [0.1, 0.15) is 5.78 Å². The molecule has 2 atom stereocenters. The lowest BCUT2D eigenvalue weighted by Crippen LogP contribution is -2.29. The predicted octanol–water partition coefficient (Wildman–Crippen LogP) is 0.313. The van der Waals surface area contributed by atoms with E-state index in [1.807, 2.05) is 6.92 Å².